The molecule has 0 unspecified atom stereocenters. The van der Waals surface area contributed by atoms with Gasteiger partial charge >= 0.3 is 0 Å². The van der Waals surface area contributed by atoms with Crippen LogP contribution in [-0.4, -0.2) is 14.5 Å². The average Bonchev–Trinajstić information content (AvgIpc) is 3.54. The first kappa shape index (κ1) is 27.6. The van der Waals surface area contributed by atoms with Gasteiger partial charge in [0.05, 0.1) is 22.9 Å². The Morgan fingerprint density at radius 2 is 0.927 bits per heavy atom. The van der Waals surface area contributed by atoms with Crippen LogP contribution in [0.25, 0.3) is 38.6 Å². The molecule has 1 aliphatic carbocycles. The van der Waals surface area contributed by atoms with Crippen LogP contribution < -0.4 is 0 Å². The molecule has 200 valence electrons. The Hall–Kier alpha value is -3.58. The Bertz CT molecular complexity index is 1870. The van der Waals surface area contributed by atoms with E-state index >= 15 is 0 Å². The Morgan fingerprint density at radius 1 is 0.488 bits per heavy atom. The summed E-state index contributed by atoms with van der Waals surface area (Å²) in [5.74, 6) is 0. The van der Waals surface area contributed by atoms with Gasteiger partial charge in [0, 0.05) is 42.8 Å². The number of fused-ring (bicyclic) bond motifs is 6. The summed E-state index contributed by atoms with van der Waals surface area (Å²) in [5.41, 5.74) is 9.22. The fourth-order valence-electron chi connectivity index (χ4n) is 5.19. The van der Waals surface area contributed by atoms with Crippen LogP contribution in [0, 0.1) is 0 Å². The molecule has 0 fully saturated rings. The van der Waals surface area contributed by atoms with Gasteiger partial charge in [-0.3, -0.25) is 9.97 Å². The molecule has 6 heteroatoms. The third kappa shape index (κ3) is 6.05. The smallest absolute Gasteiger partial charge is 0.0656 e. The van der Waals surface area contributed by atoms with Crippen molar-refractivity contribution >= 4 is 69.6 Å². The van der Waals surface area contributed by atoms with Crippen molar-refractivity contribution in [3.05, 3.63) is 159 Å². The summed E-state index contributed by atoms with van der Waals surface area (Å²) >= 11 is 10.0. The topological polar surface area (TPSA) is 30.7 Å². The summed E-state index contributed by atoms with van der Waals surface area (Å²) < 4.78 is 5.22. The van der Waals surface area contributed by atoms with Gasteiger partial charge in [-0.1, -0.05) is 84.9 Å². The summed E-state index contributed by atoms with van der Waals surface area (Å²) in [6, 6.07) is 38.3. The van der Waals surface area contributed by atoms with E-state index in [1.165, 1.54) is 44.1 Å². The summed E-state index contributed by atoms with van der Waals surface area (Å²) in [5, 5.41) is 2.53. The number of para-hydroxylation sites is 2. The van der Waals surface area contributed by atoms with E-state index in [1.54, 1.807) is 18.6 Å². The molecule has 7 aromatic rings. The molecule has 41 heavy (non-hydrogen) atoms. The lowest BCUT2D eigenvalue weighted by atomic mass is 10.1. The maximum atomic E-state index is 4.29. The summed E-state index contributed by atoms with van der Waals surface area (Å²) in [6.07, 6.45) is 8.28. The molecule has 0 saturated heterocycles. The molecule has 3 nitrogen and oxygen atoms in total. The summed E-state index contributed by atoms with van der Waals surface area (Å²) in [7, 11) is 0. The lowest BCUT2D eigenvalue weighted by molar-refractivity contribution is 1.13. The van der Waals surface area contributed by atoms with E-state index < -0.39 is 0 Å². The Kier molecular flexibility index (Phi) is 8.42. The molecule has 0 saturated carbocycles. The van der Waals surface area contributed by atoms with E-state index in [4.69, 9.17) is 0 Å². The van der Waals surface area contributed by atoms with Gasteiger partial charge in [0.1, 0.15) is 0 Å². The average molecular weight is 726 g/mol. The van der Waals surface area contributed by atoms with E-state index in [0.29, 0.717) is 0 Å². The molecule has 0 bridgehead atoms. The van der Waals surface area contributed by atoms with Crippen LogP contribution in [0.15, 0.2) is 147 Å². The predicted molar refractivity (Wildman–Crippen MR) is 181 cm³/mol. The van der Waals surface area contributed by atoms with Crippen molar-refractivity contribution in [1.29, 1.82) is 0 Å². The fraction of sp³-hybridized carbons (Fsp3) is 0.0286. The quantitative estimate of drug-likeness (QED) is 0.169. The molecular formula is C35H24Br3N3. The van der Waals surface area contributed by atoms with Crippen molar-refractivity contribution in [3.63, 3.8) is 0 Å². The predicted octanol–water partition coefficient (Wildman–Crippen LogP) is 10.8. The first-order valence-electron chi connectivity index (χ1n) is 13.1. The molecule has 0 atom stereocenters. The minimum absolute atomic E-state index is 0.983. The van der Waals surface area contributed by atoms with Gasteiger partial charge in [-0.25, -0.2) is 0 Å². The van der Waals surface area contributed by atoms with Crippen LogP contribution in [0.1, 0.15) is 11.1 Å². The second-order valence-electron chi connectivity index (χ2n) is 9.54. The van der Waals surface area contributed by atoms with Crippen molar-refractivity contribution in [2.24, 2.45) is 0 Å². The standard InChI is InChI=1S/C17H11BrN2.C13H10.C5H3Br2N/c18-12-9-13(11-19-10-12)20-16-7-3-1-5-14(16)15-6-2-4-8-17(15)20;1-3-7-12-10(5-1)9-11-6-2-4-8-13(11)12;6-4-1-5(7)3-8-2-4/h1-11H;1-8H,9H2;1-3H. The highest BCUT2D eigenvalue weighted by molar-refractivity contribution is 9.11. The summed E-state index contributed by atoms with van der Waals surface area (Å²) in [4.78, 5) is 8.18. The normalized spacial score (nSPS) is 11.2. The molecule has 0 N–H and O–H groups in total. The zero-order valence-corrected chi connectivity index (χ0v) is 26.6. The third-order valence-corrected chi connectivity index (χ3v) is 8.21. The summed E-state index contributed by atoms with van der Waals surface area (Å²) in [6.45, 7) is 0. The lowest BCUT2D eigenvalue weighted by Crippen LogP contribution is -1.94. The zero-order chi connectivity index (χ0) is 28.2. The van der Waals surface area contributed by atoms with Crippen molar-refractivity contribution in [2.45, 2.75) is 6.42 Å². The first-order valence-corrected chi connectivity index (χ1v) is 15.5. The molecule has 0 radical (unpaired) electrons. The second-order valence-corrected chi connectivity index (χ2v) is 12.3. The van der Waals surface area contributed by atoms with Gasteiger partial charge in [-0.15, -0.1) is 0 Å². The molecule has 0 amide bonds. The van der Waals surface area contributed by atoms with E-state index in [9.17, 15) is 0 Å². The van der Waals surface area contributed by atoms with Gasteiger partial charge in [0.15, 0.2) is 0 Å². The third-order valence-electron chi connectivity index (χ3n) is 6.91. The molecule has 3 heterocycles. The number of pyridine rings is 2. The minimum atomic E-state index is 0.983. The van der Waals surface area contributed by atoms with Gasteiger partial charge in [0.25, 0.3) is 0 Å². The Morgan fingerprint density at radius 3 is 1.41 bits per heavy atom. The molecule has 0 spiro atoms. The van der Waals surface area contributed by atoms with Gasteiger partial charge < -0.3 is 4.57 Å². The lowest BCUT2D eigenvalue weighted by Gasteiger charge is -2.07. The number of hydrogen-bond acceptors (Lipinski definition) is 2. The van der Waals surface area contributed by atoms with E-state index in [2.05, 4.69) is 165 Å². The highest BCUT2D eigenvalue weighted by Gasteiger charge is 2.16. The van der Waals surface area contributed by atoms with Crippen LogP contribution in [-0.2, 0) is 6.42 Å². The van der Waals surface area contributed by atoms with Gasteiger partial charge in [-0.05, 0) is 101 Å². The van der Waals surface area contributed by atoms with Crippen molar-refractivity contribution < 1.29 is 0 Å². The molecule has 4 aromatic carbocycles. The van der Waals surface area contributed by atoms with Gasteiger partial charge in [-0.2, -0.15) is 0 Å². The minimum Gasteiger partial charge on any atom is -0.308 e. The fourth-order valence-corrected chi connectivity index (χ4v) is 6.58. The second kappa shape index (κ2) is 12.5. The van der Waals surface area contributed by atoms with Crippen LogP contribution >= 0.6 is 47.8 Å². The van der Waals surface area contributed by atoms with Crippen LogP contribution in [0.5, 0.6) is 0 Å². The van der Waals surface area contributed by atoms with Crippen LogP contribution in [0.2, 0.25) is 0 Å². The Balaban J connectivity index is 0.000000123. The van der Waals surface area contributed by atoms with Gasteiger partial charge in [0.2, 0.25) is 0 Å². The first-order chi connectivity index (χ1) is 20.1. The number of nitrogens with zero attached hydrogens (tertiary/aromatic N) is 3. The molecule has 8 rings (SSSR count). The molecule has 3 aromatic heterocycles. The Labute approximate surface area is 264 Å². The molecule has 0 aliphatic heterocycles. The number of benzene rings is 4. The highest BCUT2D eigenvalue weighted by Crippen LogP contribution is 2.36. The number of aromatic nitrogens is 3. The zero-order valence-electron chi connectivity index (χ0n) is 21.9. The monoisotopic (exact) mass is 723 g/mol. The van der Waals surface area contributed by atoms with Crippen molar-refractivity contribution in [3.8, 4) is 16.8 Å². The molecule has 1 aliphatic rings. The number of hydrogen-bond donors (Lipinski definition) is 0. The van der Waals surface area contributed by atoms with E-state index in [0.717, 1.165) is 25.5 Å². The maximum Gasteiger partial charge on any atom is 0.0656 e. The molecular weight excluding hydrogens is 702 g/mol. The van der Waals surface area contributed by atoms with E-state index in [-0.39, 0.29) is 0 Å². The number of halogens is 3. The maximum absolute atomic E-state index is 4.29. The van der Waals surface area contributed by atoms with Crippen LogP contribution in [0.4, 0.5) is 0 Å². The van der Waals surface area contributed by atoms with Crippen molar-refractivity contribution in [1.82, 2.24) is 14.5 Å². The van der Waals surface area contributed by atoms with Crippen molar-refractivity contribution in [2.75, 3.05) is 0 Å². The SMILES string of the molecule is Brc1cncc(-n2c3ccccc3c3ccccc32)c1.Brc1cncc(Br)c1.c1ccc2c(c1)Cc1ccccc1-2. The van der Waals surface area contributed by atoms with Crippen LogP contribution in [0.3, 0.4) is 0 Å². The number of rotatable bonds is 1. The largest absolute Gasteiger partial charge is 0.308 e. The highest BCUT2D eigenvalue weighted by atomic mass is 79.9. The van der Waals surface area contributed by atoms with E-state index in [1.807, 2.05) is 12.3 Å².